The second-order valence-electron chi connectivity index (χ2n) is 16.9. The van der Waals surface area contributed by atoms with Gasteiger partial charge in [-0.2, -0.15) is 0 Å². The van der Waals surface area contributed by atoms with Crippen LogP contribution in [-0.4, -0.2) is 89.0 Å². The highest BCUT2D eigenvalue weighted by Gasteiger charge is 2.92. The van der Waals surface area contributed by atoms with Crippen molar-refractivity contribution in [2.45, 2.75) is 125 Å². The summed E-state index contributed by atoms with van der Waals surface area (Å²) >= 11 is 0. The molecule has 0 radical (unpaired) electrons. The number of nitrogens with two attached hydrogens (primary N) is 1. The number of nitrogens with one attached hydrogen (secondary N) is 3. The van der Waals surface area contributed by atoms with Crippen LogP contribution >= 0.6 is 0 Å². The first-order valence-electron chi connectivity index (χ1n) is 16.9. The van der Waals surface area contributed by atoms with Crippen LogP contribution < -0.4 is 21.7 Å². The number of primary amides is 1. The second kappa shape index (κ2) is 12.4. The third-order valence-electron chi connectivity index (χ3n) is 11.1. The van der Waals surface area contributed by atoms with Crippen molar-refractivity contribution < 1.29 is 28.8 Å². The summed E-state index contributed by atoms with van der Waals surface area (Å²) in [5, 5.41) is 8.52. The number of rotatable bonds is 12. The Labute approximate surface area is 273 Å². The van der Waals surface area contributed by atoms with Crippen LogP contribution in [0.1, 0.15) is 94.4 Å². The Hall–Kier alpha value is -3.18. The Morgan fingerprint density at radius 2 is 1.57 bits per heavy atom. The Bertz CT molecular complexity index is 1270. The van der Waals surface area contributed by atoms with E-state index in [1.807, 2.05) is 55.4 Å². The number of urea groups is 1. The van der Waals surface area contributed by atoms with E-state index in [1.165, 1.54) is 0 Å². The first-order valence-corrected chi connectivity index (χ1v) is 16.9. The van der Waals surface area contributed by atoms with Crippen molar-refractivity contribution in [2.24, 2.45) is 45.7 Å². The molecule has 4 rings (SSSR count). The van der Waals surface area contributed by atoms with Gasteiger partial charge in [0, 0.05) is 25.0 Å². The molecule has 0 aromatic heterocycles. The van der Waals surface area contributed by atoms with Gasteiger partial charge in [0.05, 0.1) is 6.04 Å². The topological polar surface area (TPSA) is 171 Å². The Kier molecular flexibility index (Phi) is 9.65. The van der Waals surface area contributed by atoms with Gasteiger partial charge in [-0.05, 0) is 61.2 Å². The molecule has 5 N–H and O–H groups in total. The van der Waals surface area contributed by atoms with Crippen LogP contribution in [-0.2, 0) is 24.0 Å². The maximum absolute atomic E-state index is 14.4. The summed E-state index contributed by atoms with van der Waals surface area (Å²) in [5.74, 6) is -1.99. The zero-order valence-electron chi connectivity index (χ0n) is 29.4. The molecule has 258 valence electrons. The molecular weight excluding hydrogens is 588 g/mol. The van der Waals surface area contributed by atoms with Crippen molar-refractivity contribution in [1.82, 2.24) is 25.8 Å². The van der Waals surface area contributed by atoms with E-state index in [2.05, 4.69) is 22.9 Å². The Balaban J connectivity index is 1.54. The second-order valence-corrected chi connectivity index (χ2v) is 16.9. The first-order chi connectivity index (χ1) is 21.1. The fraction of sp³-hybridized carbons (Fsp3) is 0.824. The van der Waals surface area contributed by atoms with E-state index < -0.39 is 59.1 Å². The summed E-state index contributed by atoms with van der Waals surface area (Å²) in [4.78, 5) is 83.0. The van der Waals surface area contributed by atoms with Crippen molar-refractivity contribution in [3.63, 3.8) is 0 Å². The molecule has 3 saturated carbocycles. The van der Waals surface area contributed by atoms with Gasteiger partial charge in [0.2, 0.25) is 23.5 Å². The van der Waals surface area contributed by atoms with Crippen LogP contribution in [0, 0.1) is 39.9 Å². The van der Waals surface area contributed by atoms with E-state index in [0.717, 1.165) is 19.3 Å². The quantitative estimate of drug-likeness (QED) is 0.237. The van der Waals surface area contributed by atoms with Crippen LogP contribution in [0.2, 0.25) is 0 Å². The highest BCUT2D eigenvalue weighted by atomic mass is 16.2. The largest absolute Gasteiger partial charge is 0.363 e. The van der Waals surface area contributed by atoms with Crippen molar-refractivity contribution >= 4 is 35.4 Å². The van der Waals surface area contributed by atoms with E-state index in [9.17, 15) is 28.8 Å². The maximum Gasteiger partial charge on any atom is 0.316 e. The zero-order valence-corrected chi connectivity index (χ0v) is 29.4. The van der Waals surface area contributed by atoms with E-state index in [0.29, 0.717) is 25.3 Å². The molecule has 1 heterocycles. The lowest BCUT2D eigenvalue weighted by Crippen LogP contribution is -2.62. The minimum absolute atomic E-state index is 0.0620. The monoisotopic (exact) mass is 644 g/mol. The van der Waals surface area contributed by atoms with Crippen molar-refractivity contribution in [2.75, 3.05) is 13.6 Å². The summed E-state index contributed by atoms with van der Waals surface area (Å²) < 4.78 is 0. The van der Waals surface area contributed by atoms with E-state index >= 15 is 0 Å². The molecule has 12 heteroatoms. The van der Waals surface area contributed by atoms with Gasteiger partial charge in [-0.3, -0.25) is 24.0 Å². The fourth-order valence-corrected chi connectivity index (χ4v) is 8.00. The number of hydrogen-bond donors (Lipinski definition) is 4. The number of likely N-dealkylation sites (tertiary alicyclic amines) is 1. The number of fused-ring (bicyclic) bond motifs is 1. The van der Waals surface area contributed by atoms with Crippen molar-refractivity contribution in [3.8, 4) is 0 Å². The molecule has 46 heavy (non-hydrogen) atoms. The van der Waals surface area contributed by atoms with Crippen molar-refractivity contribution in [1.29, 1.82) is 0 Å². The summed E-state index contributed by atoms with van der Waals surface area (Å²) in [6, 6.07) is -4.36. The number of carbonyl (C=O) groups is 6. The molecule has 6 amide bonds. The van der Waals surface area contributed by atoms with Gasteiger partial charge in [-0.1, -0.05) is 67.7 Å². The van der Waals surface area contributed by atoms with E-state index in [4.69, 9.17) is 5.73 Å². The first kappa shape index (κ1) is 35.7. The SMILES string of the molecule is CC(C)N(C)C(=O)[C@H](CC(C)(C)C)NC(=O)N[C@H](C(=O)N1C[C@@H]2C3C(C)C32[C@H]1C(=O)NC(CC1CCC1)C(=O)C(N)=O)C(C)(C)C. The van der Waals surface area contributed by atoms with Gasteiger partial charge in [-0.25, -0.2) is 4.79 Å². The summed E-state index contributed by atoms with van der Waals surface area (Å²) in [7, 11) is 1.70. The molecule has 1 spiro atoms. The van der Waals surface area contributed by atoms with Crippen LogP contribution in [0.3, 0.4) is 0 Å². The summed E-state index contributed by atoms with van der Waals surface area (Å²) in [5.41, 5.74) is 4.00. The van der Waals surface area contributed by atoms with E-state index in [1.54, 1.807) is 16.8 Å². The summed E-state index contributed by atoms with van der Waals surface area (Å²) in [6.45, 7) is 17.8. The molecule has 1 aliphatic heterocycles. The molecular formula is C34H56N6O6. The highest BCUT2D eigenvalue weighted by molar-refractivity contribution is 6.37. The predicted molar refractivity (Wildman–Crippen MR) is 173 cm³/mol. The minimum Gasteiger partial charge on any atom is -0.363 e. The maximum atomic E-state index is 14.4. The van der Waals surface area contributed by atoms with Crippen LogP contribution in [0.25, 0.3) is 0 Å². The van der Waals surface area contributed by atoms with Crippen LogP contribution in [0.4, 0.5) is 4.79 Å². The summed E-state index contributed by atoms with van der Waals surface area (Å²) in [6.07, 6.45) is 3.63. The van der Waals surface area contributed by atoms with E-state index in [-0.39, 0.29) is 40.5 Å². The molecule has 0 aromatic rings. The number of carbonyl (C=O) groups excluding carboxylic acids is 6. The molecule has 1 saturated heterocycles. The number of nitrogens with zero attached hydrogens (tertiary/aromatic N) is 2. The molecule has 12 nitrogen and oxygen atoms in total. The minimum atomic E-state index is -1.09. The fourth-order valence-electron chi connectivity index (χ4n) is 8.00. The van der Waals surface area contributed by atoms with Gasteiger partial charge < -0.3 is 31.5 Å². The molecule has 3 aliphatic carbocycles. The van der Waals surface area contributed by atoms with Gasteiger partial charge in [0.1, 0.15) is 18.1 Å². The van der Waals surface area contributed by atoms with Crippen LogP contribution in [0.5, 0.6) is 0 Å². The highest BCUT2D eigenvalue weighted by Crippen LogP contribution is 2.88. The third kappa shape index (κ3) is 6.76. The number of piperidine rings is 1. The number of Topliss-reactive ketones (excluding diaryl/α,β-unsaturated/α-hetero) is 1. The van der Waals surface area contributed by atoms with Gasteiger partial charge >= 0.3 is 6.03 Å². The smallest absolute Gasteiger partial charge is 0.316 e. The number of ketones is 1. The van der Waals surface area contributed by atoms with Crippen LogP contribution in [0.15, 0.2) is 0 Å². The average Bonchev–Trinajstić information content (AvgIpc) is 3.71. The molecule has 0 bridgehead atoms. The Morgan fingerprint density at radius 3 is 2.02 bits per heavy atom. The lowest BCUT2D eigenvalue weighted by molar-refractivity contribution is -0.145. The lowest BCUT2D eigenvalue weighted by Gasteiger charge is -2.37. The molecule has 4 unspecified atom stereocenters. The number of amides is 6. The normalized spacial score (nSPS) is 28.5. The van der Waals surface area contributed by atoms with Gasteiger partial charge in [0.25, 0.3) is 5.91 Å². The molecule has 8 atom stereocenters. The molecule has 4 fully saturated rings. The standard InChI is InChI=1S/C34H56N6O6/c1-17(2)39(10)29(44)22(15-32(4,5)6)37-31(46)38-25(33(7,8)9)30(45)40-16-20-23-18(3)34(20,23)26(40)28(43)36-21(24(41)27(35)42)14-19-12-11-13-19/h17-23,25-26H,11-16H2,1-10H3,(H2,35,42)(H,36,43)(H2,37,38,46)/t18?,20-,21?,22+,23?,25-,26-,34?/m1/s1. The zero-order chi connectivity index (χ0) is 34.7. The Morgan fingerprint density at radius 1 is 0.957 bits per heavy atom. The number of likely N-dealkylation sites (N-methyl/N-ethyl adjacent to an activating group) is 1. The van der Waals surface area contributed by atoms with Gasteiger partial charge in [0.15, 0.2) is 0 Å². The lowest BCUT2D eigenvalue weighted by atomic mass is 9.80. The molecule has 4 aliphatic rings. The number of hydrogen-bond acceptors (Lipinski definition) is 6. The predicted octanol–water partition coefficient (Wildman–Crippen LogP) is 2.19. The average molecular weight is 645 g/mol. The van der Waals surface area contributed by atoms with Gasteiger partial charge in [-0.15, -0.1) is 0 Å². The molecule has 0 aromatic carbocycles. The third-order valence-corrected chi connectivity index (χ3v) is 11.1. The van der Waals surface area contributed by atoms with Crippen molar-refractivity contribution in [3.05, 3.63) is 0 Å².